The second-order valence-corrected chi connectivity index (χ2v) is 4.81. The van der Waals surface area contributed by atoms with Crippen LogP contribution in [0, 0.1) is 0 Å². The molecule has 0 saturated heterocycles. The molecule has 0 atom stereocenters. The summed E-state index contributed by atoms with van der Waals surface area (Å²) in [5.41, 5.74) is 15.9. The second kappa shape index (κ2) is 6.55. The summed E-state index contributed by atoms with van der Waals surface area (Å²) in [7, 11) is 0. The predicted molar refractivity (Wildman–Crippen MR) is 81.0 cm³/mol. The highest BCUT2D eigenvalue weighted by atomic mass is 16.1. The Kier molecular flexibility index (Phi) is 5.31. The SMILES string of the molecule is CCc1c(CC)c(C(N)=O)c(CC)c(CC)c1C(N)=O. The van der Waals surface area contributed by atoms with Crippen LogP contribution in [0.25, 0.3) is 0 Å². The third-order valence-corrected chi connectivity index (χ3v) is 3.84. The lowest BCUT2D eigenvalue weighted by atomic mass is 9.82. The zero-order chi connectivity index (χ0) is 15.4. The number of hydrogen-bond acceptors (Lipinski definition) is 2. The van der Waals surface area contributed by atoms with Crippen molar-refractivity contribution in [3.05, 3.63) is 33.4 Å². The van der Waals surface area contributed by atoms with Crippen molar-refractivity contribution < 1.29 is 9.59 Å². The Morgan fingerprint density at radius 3 is 0.950 bits per heavy atom. The van der Waals surface area contributed by atoms with Crippen LogP contribution in [0.3, 0.4) is 0 Å². The van der Waals surface area contributed by atoms with Crippen molar-refractivity contribution in [2.75, 3.05) is 0 Å². The van der Waals surface area contributed by atoms with Gasteiger partial charge in [-0.1, -0.05) is 27.7 Å². The summed E-state index contributed by atoms with van der Waals surface area (Å²) in [6.45, 7) is 7.88. The number of carbonyl (C=O) groups excluding carboxylic acids is 2. The zero-order valence-corrected chi connectivity index (χ0v) is 12.8. The molecule has 1 rings (SSSR count). The van der Waals surface area contributed by atoms with E-state index >= 15 is 0 Å². The molecule has 4 nitrogen and oxygen atoms in total. The summed E-state index contributed by atoms with van der Waals surface area (Å²) in [5, 5.41) is 0. The highest BCUT2D eigenvalue weighted by molar-refractivity contribution is 6.02. The molecule has 0 aromatic heterocycles. The van der Waals surface area contributed by atoms with E-state index in [2.05, 4.69) is 0 Å². The summed E-state index contributed by atoms with van der Waals surface area (Å²) in [6.07, 6.45) is 2.66. The summed E-state index contributed by atoms with van der Waals surface area (Å²) < 4.78 is 0. The summed E-state index contributed by atoms with van der Waals surface area (Å²) in [5.74, 6) is -0.835. The van der Waals surface area contributed by atoms with Crippen molar-refractivity contribution in [2.45, 2.75) is 53.4 Å². The Hall–Kier alpha value is -1.84. The van der Waals surface area contributed by atoms with Gasteiger partial charge in [-0.3, -0.25) is 9.59 Å². The molecular weight excluding hydrogens is 252 g/mol. The van der Waals surface area contributed by atoms with E-state index in [9.17, 15) is 9.59 Å². The fraction of sp³-hybridized carbons (Fsp3) is 0.500. The molecule has 0 saturated carbocycles. The minimum Gasteiger partial charge on any atom is -0.366 e. The van der Waals surface area contributed by atoms with Gasteiger partial charge in [0.1, 0.15) is 0 Å². The normalized spacial score (nSPS) is 10.6. The van der Waals surface area contributed by atoms with Gasteiger partial charge in [0.25, 0.3) is 0 Å². The average Bonchev–Trinajstić information content (AvgIpc) is 2.42. The molecular formula is C16H24N2O2. The van der Waals surface area contributed by atoms with Gasteiger partial charge in [-0.2, -0.15) is 0 Å². The Morgan fingerprint density at radius 1 is 0.650 bits per heavy atom. The quantitative estimate of drug-likeness (QED) is 0.834. The van der Waals surface area contributed by atoms with Gasteiger partial charge in [0.2, 0.25) is 11.8 Å². The Labute approximate surface area is 120 Å². The number of primary amides is 2. The molecule has 110 valence electrons. The van der Waals surface area contributed by atoms with E-state index in [4.69, 9.17) is 11.5 Å². The molecule has 0 aliphatic rings. The largest absolute Gasteiger partial charge is 0.366 e. The van der Waals surface area contributed by atoms with E-state index in [0.29, 0.717) is 36.8 Å². The fourth-order valence-electron chi connectivity index (χ4n) is 3.12. The maximum Gasteiger partial charge on any atom is 0.249 e. The Morgan fingerprint density at radius 2 is 0.850 bits per heavy atom. The highest BCUT2D eigenvalue weighted by Gasteiger charge is 2.25. The summed E-state index contributed by atoms with van der Waals surface area (Å²) in [6, 6.07) is 0. The van der Waals surface area contributed by atoms with E-state index in [1.165, 1.54) is 0 Å². The van der Waals surface area contributed by atoms with E-state index in [1.807, 2.05) is 27.7 Å². The first-order valence-electron chi connectivity index (χ1n) is 7.23. The topological polar surface area (TPSA) is 86.2 Å². The van der Waals surface area contributed by atoms with Gasteiger partial charge in [-0.25, -0.2) is 0 Å². The lowest BCUT2D eigenvalue weighted by Crippen LogP contribution is -2.25. The van der Waals surface area contributed by atoms with Crippen LogP contribution in [0.2, 0.25) is 0 Å². The van der Waals surface area contributed by atoms with E-state index in [-0.39, 0.29) is 0 Å². The van der Waals surface area contributed by atoms with E-state index in [0.717, 1.165) is 22.3 Å². The van der Waals surface area contributed by atoms with E-state index < -0.39 is 11.8 Å². The molecule has 20 heavy (non-hydrogen) atoms. The molecule has 1 aromatic rings. The van der Waals surface area contributed by atoms with Gasteiger partial charge in [0.15, 0.2) is 0 Å². The number of carbonyl (C=O) groups is 2. The van der Waals surface area contributed by atoms with Crippen LogP contribution in [0.5, 0.6) is 0 Å². The molecule has 0 unspecified atom stereocenters. The third kappa shape index (κ3) is 2.55. The molecule has 4 heteroatoms. The number of nitrogens with two attached hydrogens (primary N) is 2. The Balaban J connectivity index is 3.98. The second-order valence-electron chi connectivity index (χ2n) is 4.81. The zero-order valence-electron chi connectivity index (χ0n) is 12.8. The van der Waals surface area contributed by atoms with Crippen LogP contribution < -0.4 is 11.5 Å². The molecule has 0 bridgehead atoms. The van der Waals surface area contributed by atoms with Gasteiger partial charge in [-0.15, -0.1) is 0 Å². The summed E-state index contributed by atoms with van der Waals surface area (Å²) in [4.78, 5) is 23.8. The number of rotatable bonds is 6. The Bertz CT molecular complexity index is 466. The maximum absolute atomic E-state index is 11.9. The molecule has 0 aliphatic heterocycles. The van der Waals surface area contributed by atoms with Crippen LogP contribution in [-0.2, 0) is 25.7 Å². The van der Waals surface area contributed by atoms with Crippen molar-refractivity contribution in [3.8, 4) is 0 Å². The minimum absolute atomic E-state index is 0.417. The average molecular weight is 276 g/mol. The molecule has 0 radical (unpaired) electrons. The standard InChI is InChI=1S/C16H24N2O2/c1-5-9-10(6-2)14(16(18)20)12(8-4)11(7-3)13(9)15(17)19/h5-8H2,1-4H3,(H2,17,19)(H2,18,20). The van der Waals surface area contributed by atoms with Crippen molar-refractivity contribution in [3.63, 3.8) is 0 Å². The molecule has 0 heterocycles. The van der Waals surface area contributed by atoms with Crippen molar-refractivity contribution in [1.82, 2.24) is 0 Å². The van der Waals surface area contributed by atoms with Crippen LogP contribution in [0.4, 0.5) is 0 Å². The smallest absolute Gasteiger partial charge is 0.249 e. The van der Waals surface area contributed by atoms with Crippen molar-refractivity contribution >= 4 is 11.8 Å². The van der Waals surface area contributed by atoms with Gasteiger partial charge in [0.05, 0.1) is 0 Å². The molecule has 2 amide bonds. The number of amides is 2. The lowest BCUT2D eigenvalue weighted by molar-refractivity contribution is 0.0985. The first-order chi connectivity index (χ1) is 9.44. The highest BCUT2D eigenvalue weighted by Crippen LogP contribution is 2.30. The van der Waals surface area contributed by atoms with Crippen LogP contribution in [-0.4, -0.2) is 11.8 Å². The molecule has 0 spiro atoms. The van der Waals surface area contributed by atoms with Crippen molar-refractivity contribution in [2.24, 2.45) is 11.5 Å². The monoisotopic (exact) mass is 276 g/mol. The maximum atomic E-state index is 11.9. The molecule has 0 aliphatic carbocycles. The van der Waals surface area contributed by atoms with E-state index in [1.54, 1.807) is 0 Å². The van der Waals surface area contributed by atoms with Gasteiger partial charge >= 0.3 is 0 Å². The van der Waals surface area contributed by atoms with Crippen molar-refractivity contribution in [1.29, 1.82) is 0 Å². The number of hydrogen-bond donors (Lipinski definition) is 2. The number of benzene rings is 1. The summed E-state index contributed by atoms with van der Waals surface area (Å²) >= 11 is 0. The predicted octanol–water partition coefficient (Wildman–Crippen LogP) is 2.13. The van der Waals surface area contributed by atoms with Gasteiger partial charge in [0, 0.05) is 11.1 Å². The molecule has 1 aromatic carbocycles. The first-order valence-corrected chi connectivity index (χ1v) is 7.23. The molecule has 0 fully saturated rings. The van der Waals surface area contributed by atoms with Crippen LogP contribution in [0.1, 0.15) is 70.7 Å². The van der Waals surface area contributed by atoms with Crippen LogP contribution in [0.15, 0.2) is 0 Å². The third-order valence-electron chi connectivity index (χ3n) is 3.84. The minimum atomic E-state index is -0.417. The first kappa shape index (κ1) is 16.2. The molecule has 4 N–H and O–H groups in total. The van der Waals surface area contributed by atoms with Crippen LogP contribution >= 0.6 is 0 Å². The lowest BCUT2D eigenvalue weighted by Gasteiger charge is -2.22. The van der Waals surface area contributed by atoms with Gasteiger partial charge < -0.3 is 11.5 Å². The van der Waals surface area contributed by atoms with Gasteiger partial charge in [-0.05, 0) is 47.9 Å². The fourth-order valence-corrected chi connectivity index (χ4v) is 3.12.